The zero-order valence-corrected chi connectivity index (χ0v) is 6.90. The predicted molar refractivity (Wildman–Crippen MR) is 46.7 cm³/mol. The summed E-state index contributed by atoms with van der Waals surface area (Å²) in [4.78, 5) is 0.590. The summed E-state index contributed by atoms with van der Waals surface area (Å²) in [6.07, 6.45) is 0. The summed E-state index contributed by atoms with van der Waals surface area (Å²) in [5, 5.41) is 14.2. The summed E-state index contributed by atoms with van der Waals surface area (Å²) in [6, 6.07) is 9.33. The van der Waals surface area contributed by atoms with Crippen LogP contribution >= 0.6 is 0 Å². The molecule has 0 fully saturated rings. The molecule has 0 unspecified atom stereocenters. The van der Waals surface area contributed by atoms with Gasteiger partial charge >= 0.3 is 0 Å². The van der Waals surface area contributed by atoms with Crippen molar-refractivity contribution in [3.05, 3.63) is 35.5 Å². The third-order valence-electron chi connectivity index (χ3n) is 1.33. The van der Waals surface area contributed by atoms with Gasteiger partial charge < -0.3 is 5.21 Å². The average molecular weight is 165 g/mol. The van der Waals surface area contributed by atoms with Crippen molar-refractivity contribution in [3.8, 4) is 0 Å². The minimum Gasteiger partial charge on any atom is -0.696 e. The molecule has 12 heavy (non-hydrogen) atoms. The van der Waals surface area contributed by atoms with Crippen LogP contribution < -0.4 is 5.43 Å². The number of hydrogen-bond donors (Lipinski definition) is 1. The van der Waals surface area contributed by atoms with Crippen molar-refractivity contribution in [2.45, 2.75) is 6.92 Å². The highest BCUT2D eigenvalue weighted by Crippen LogP contribution is 2.03. The third-order valence-corrected chi connectivity index (χ3v) is 1.33. The molecule has 0 heterocycles. The van der Waals surface area contributed by atoms with E-state index in [-0.39, 0.29) is 0 Å². The van der Waals surface area contributed by atoms with Gasteiger partial charge in [-0.1, -0.05) is 18.2 Å². The minimum absolute atomic E-state index is 0.347. The lowest BCUT2D eigenvalue weighted by molar-refractivity contribution is -0.524. The number of rotatable bonds is 3. The van der Waals surface area contributed by atoms with Crippen molar-refractivity contribution in [1.29, 1.82) is 0 Å². The number of para-hydroxylation sites is 1. The van der Waals surface area contributed by atoms with Crippen LogP contribution in [0.1, 0.15) is 6.92 Å². The van der Waals surface area contributed by atoms with E-state index in [2.05, 4.69) is 10.6 Å². The van der Waals surface area contributed by atoms with E-state index in [1.807, 2.05) is 30.3 Å². The van der Waals surface area contributed by atoms with Crippen LogP contribution in [0.15, 0.2) is 35.6 Å². The van der Waals surface area contributed by atoms with Gasteiger partial charge in [0.25, 0.3) is 0 Å². The zero-order chi connectivity index (χ0) is 8.81. The van der Waals surface area contributed by atoms with Gasteiger partial charge in [0.15, 0.2) is 0 Å². The molecule has 0 spiro atoms. The maximum absolute atomic E-state index is 10.7. The number of benzene rings is 1. The van der Waals surface area contributed by atoms with Crippen LogP contribution in [0.3, 0.4) is 0 Å². The number of anilines is 1. The summed E-state index contributed by atoms with van der Waals surface area (Å²) < 4.78 is 0. The molecule has 0 atom stereocenters. The van der Waals surface area contributed by atoms with Crippen LogP contribution in [0, 0.1) is 5.21 Å². The summed E-state index contributed by atoms with van der Waals surface area (Å²) >= 11 is 0. The molecule has 0 aliphatic heterocycles. The predicted octanol–water partition coefficient (Wildman–Crippen LogP) is 2.00. The van der Waals surface area contributed by atoms with Gasteiger partial charge in [0, 0.05) is 0 Å². The largest absolute Gasteiger partial charge is 0.696 e. The second kappa shape index (κ2) is 4.33. The van der Waals surface area contributed by atoms with E-state index in [4.69, 9.17) is 0 Å². The molecule has 4 nitrogen and oxygen atoms in total. The molecule has 0 radical (unpaired) electrons. The molecule has 0 amide bonds. The minimum atomic E-state index is 0.347. The lowest BCUT2D eigenvalue weighted by Crippen LogP contribution is -2.02. The summed E-state index contributed by atoms with van der Waals surface area (Å²) in [5.41, 5.74) is 3.45. The van der Waals surface area contributed by atoms with Gasteiger partial charge in [-0.15, -0.1) is 5.43 Å². The van der Waals surface area contributed by atoms with E-state index in [9.17, 15) is 5.21 Å². The average Bonchev–Trinajstić information content (AvgIpc) is 2.16. The van der Waals surface area contributed by atoms with Crippen molar-refractivity contribution in [1.82, 2.24) is 0 Å². The van der Waals surface area contributed by atoms with Gasteiger partial charge in [0.05, 0.1) is 5.22 Å². The summed E-state index contributed by atoms with van der Waals surface area (Å²) in [7, 11) is 0. The molecular formula is C8H11N3O. The highest BCUT2D eigenvalue weighted by Gasteiger charge is 1.91. The monoisotopic (exact) mass is 165 g/mol. The first kappa shape index (κ1) is 8.52. The summed E-state index contributed by atoms with van der Waals surface area (Å²) in [5.74, 6) is 0. The maximum Gasteiger partial charge on any atom is 0.146 e. The van der Waals surface area contributed by atoms with E-state index >= 15 is 0 Å². The lowest BCUT2D eigenvalue weighted by atomic mass is 10.3. The Kier molecular flexibility index (Phi) is 3.07. The fourth-order valence-electron chi connectivity index (χ4n) is 0.697. The number of hydroxylamine groups is 1. The van der Waals surface area contributed by atoms with Gasteiger partial charge in [0.1, 0.15) is 12.2 Å². The molecule has 0 saturated heterocycles. The van der Waals surface area contributed by atoms with E-state index in [1.165, 1.54) is 0 Å². The van der Waals surface area contributed by atoms with Crippen LogP contribution in [-0.2, 0) is 0 Å². The molecule has 4 heteroatoms. The SMILES string of the molecule is CC/[N+]([O-])=N/Nc1ccccc1. The number of hydrogen-bond acceptors (Lipinski definition) is 2. The second-order valence-corrected chi connectivity index (χ2v) is 2.25. The Morgan fingerprint density at radius 3 is 2.67 bits per heavy atom. The van der Waals surface area contributed by atoms with Gasteiger partial charge in [-0.2, -0.15) is 4.86 Å². The normalized spacial score (nSPS) is 11.2. The van der Waals surface area contributed by atoms with Crippen molar-refractivity contribution < 1.29 is 4.86 Å². The van der Waals surface area contributed by atoms with Gasteiger partial charge in [0.2, 0.25) is 0 Å². The first-order chi connectivity index (χ1) is 5.83. The highest BCUT2D eigenvalue weighted by atomic mass is 16.5. The molecule has 1 N–H and O–H groups in total. The van der Waals surface area contributed by atoms with Crippen LogP contribution in [-0.4, -0.2) is 11.4 Å². The zero-order valence-electron chi connectivity index (χ0n) is 6.90. The van der Waals surface area contributed by atoms with Crippen molar-refractivity contribution in [2.75, 3.05) is 12.0 Å². The molecule has 0 aliphatic carbocycles. The van der Waals surface area contributed by atoms with Crippen molar-refractivity contribution >= 4 is 5.69 Å². The van der Waals surface area contributed by atoms with E-state index in [0.717, 1.165) is 5.69 Å². The first-order valence-electron chi connectivity index (χ1n) is 3.79. The Labute approximate surface area is 71.1 Å². The molecule has 0 saturated carbocycles. The fourth-order valence-corrected chi connectivity index (χ4v) is 0.697. The molecule has 0 bridgehead atoms. The topological polar surface area (TPSA) is 50.5 Å². The van der Waals surface area contributed by atoms with Gasteiger partial charge in [-0.3, -0.25) is 0 Å². The summed E-state index contributed by atoms with van der Waals surface area (Å²) in [6.45, 7) is 2.09. The first-order valence-corrected chi connectivity index (χ1v) is 3.79. The van der Waals surface area contributed by atoms with Crippen LogP contribution in [0.5, 0.6) is 0 Å². The van der Waals surface area contributed by atoms with Gasteiger partial charge in [-0.05, 0) is 19.1 Å². The Balaban J connectivity index is 2.54. The molecule has 1 aromatic carbocycles. The molecule has 64 valence electrons. The second-order valence-electron chi connectivity index (χ2n) is 2.25. The van der Waals surface area contributed by atoms with Crippen LogP contribution in [0.2, 0.25) is 0 Å². The highest BCUT2D eigenvalue weighted by molar-refractivity contribution is 5.40. The molecule has 1 rings (SSSR count). The molecular weight excluding hydrogens is 154 g/mol. The number of nitrogens with one attached hydrogen (secondary N) is 1. The van der Waals surface area contributed by atoms with E-state index in [1.54, 1.807) is 6.92 Å². The Bertz CT molecular complexity index is 258. The lowest BCUT2D eigenvalue weighted by Gasteiger charge is -2.00. The standard InChI is InChI=1S/C8H11N3O/c1-2-11(12)10-9-8-6-4-3-5-7-8/h3-7,9H,2H2,1H3/b11-10-. The Hall–Kier alpha value is -1.58. The molecule has 0 aromatic heterocycles. The van der Waals surface area contributed by atoms with Crippen LogP contribution in [0.25, 0.3) is 0 Å². The third kappa shape index (κ3) is 2.57. The van der Waals surface area contributed by atoms with Crippen LogP contribution in [0.4, 0.5) is 5.69 Å². The Morgan fingerprint density at radius 2 is 2.08 bits per heavy atom. The Morgan fingerprint density at radius 1 is 1.42 bits per heavy atom. The molecule has 1 aromatic rings. The van der Waals surface area contributed by atoms with Gasteiger partial charge in [-0.25, -0.2) is 0 Å². The van der Waals surface area contributed by atoms with E-state index in [0.29, 0.717) is 11.4 Å². The van der Waals surface area contributed by atoms with Crippen molar-refractivity contribution in [3.63, 3.8) is 0 Å². The number of nitrogens with zero attached hydrogens (tertiary/aromatic N) is 2. The smallest absolute Gasteiger partial charge is 0.146 e. The molecule has 0 aliphatic rings. The fraction of sp³-hybridized carbons (Fsp3) is 0.250. The maximum atomic E-state index is 10.7. The quantitative estimate of drug-likeness (QED) is 0.423. The van der Waals surface area contributed by atoms with E-state index < -0.39 is 0 Å². The van der Waals surface area contributed by atoms with Crippen molar-refractivity contribution in [2.24, 2.45) is 5.22 Å².